The van der Waals surface area contributed by atoms with Crippen molar-refractivity contribution in [2.75, 3.05) is 0 Å². The van der Waals surface area contributed by atoms with Gasteiger partial charge in [0.1, 0.15) is 11.7 Å². The summed E-state index contributed by atoms with van der Waals surface area (Å²) in [5.41, 5.74) is 0.379. The van der Waals surface area contributed by atoms with Gasteiger partial charge >= 0.3 is 0 Å². The van der Waals surface area contributed by atoms with Crippen LogP contribution in [0.3, 0.4) is 0 Å². The molecule has 1 atom stereocenters. The Balaban J connectivity index is 3.05. The SMILES string of the molecule is CCCC(=O)C(C#N)c1ccc(F)cc1Cl. The number of Topliss-reactive ketones (excluding diaryl/α,β-unsaturated/α-hetero) is 1. The van der Waals surface area contributed by atoms with E-state index in [1.54, 1.807) is 0 Å². The molecule has 4 heteroatoms. The van der Waals surface area contributed by atoms with E-state index in [0.717, 1.165) is 6.07 Å². The van der Waals surface area contributed by atoms with Gasteiger partial charge in [0.25, 0.3) is 0 Å². The molecule has 0 fully saturated rings. The zero-order valence-corrected chi connectivity index (χ0v) is 9.59. The lowest BCUT2D eigenvalue weighted by Gasteiger charge is -2.09. The molecule has 1 aromatic rings. The third kappa shape index (κ3) is 2.80. The fourth-order valence-electron chi connectivity index (χ4n) is 1.44. The summed E-state index contributed by atoms with van der Waals surface area (Å²) < 4.78 is 12.8. The van der Waals surface area contributed by atoms with Crippen molar-refractivity contribution >= 4 is 17.4 Å². The Labute approximate surface area is 98.6 Å². The highest BCUT2D eigenvalue weighted by Crippen LogP contribution is 2.26. The Morgan fingerprint density at radius 1 is 1.62 bits per heavy atom. The van der Waals surface area contributed by atoms with E-state index in [0.29, 0.717) is 18.4 Å². The molecule has 0 aliphatic rings. The minimum absolute atomic E-state index is 0.121. The second-order valence-corrected chi connectivity index (χ2v) is 3.85. The maximum Gasteiger partial charge on any atom is 0.154 e. The van der Waals surface area contributed by atoms with Crippen molar-refractivity contribution in [1.29, 1.82) is 5.26 Å². The summed E-state index contributed by atoms with van der Waals surface area (Å²) in [5, 5.41) is 9.07. The van der Waals surface area contributed by atoms with E-state index in [1.807, 2.05) is 13.0 Å². The van der Waals surface area contributed by atoms with Crippen molar-refractivity contribution in [2.45, 2.75) is 25.7 Å². The van der Waals surface area contributed by atoms with Crippen LogP contribution in [0, 0.1) is 17.1 Å². The zero-order chi connectivity index (χ0) is 12.1. The van der Waals surface area contributed by atoms with Crippen LogP contribution in [0.25, 0.3) is 0 Å². The van der Waals surface area contributed by atoms with Crippen LogP contribution >= 0.6 is 11.6 Å². The molecule has 0 aliphatic carbocycles. The van der Waals surface area contributed by atoms with Crippen LogP contribution in [0.1, 0.15) is 31.2 Å². The number of nitrogens with zero attached hydrogens (tertiary/aromatic N) is 1. The van der Waals surface area contributed by atoms with Crippen LogP contribution in [0.15, 0.2) is 18.2 Å². The molecule has 84 valence electrons. The number of benzene rings is 1. The molecule has 0 bridgehead atoms. The van der Waals surface area contributed by atoms with E-state index in [-0.39, 0.29) is 10.8 Å². The molecule has 0 aromatic heterocycles. The van der Waals surface area contributed by atoms with Crippen LogP contribution in [0.2, 0.25) is 5.02 Å². The molecule has 0 N–H and O–H groups in total. The first-order valence-electron chi connectivity index (χ1n) is 4.97. The van der Waals surface area contributed by atoms with Crippen LogP contribution in [-0.2, 0) is 4.79 Å². The van der Waals surface area contributed by atoms with Crippen molar-refractivity contribution in [1.82, 2.24) is 0 Å². The number of halogens is 2. The number of nitriles is 1. The molecule has 1 unspecified atom stereocenters. The summed E-state index contributed by atoms with van der Waals surface area (Å²) in [6, 6.07) is 5.61. The lowest BCUT2D eigenvalue weighted by molar-refractivity contribution is -0.119. The fourth-order valence-corrected chi connectivity index (χ4v) is 1.72. The normalized spacial score (nSPS) is 11.9. The molecule has 0 heterocycles. The van der Waals surface area contributed by atoms with Crippen LogP contribution < -0.4 is 0 Å². The van der Waals surface area contributed by atoms with E-state index in [2.05, 4.69) is 0 Å². The van der Waals surface area contributed by atoms with Gasteiger partial charge in [0.2, 0.25) is 0 Å². The summed E-state index contributed by atoms with van der Waals surface area (Å²) in [7, 11) is 0. The van der Waals surface area contributed by atoms with Gasteiger partial charge in [-0.1, -0.05) is 24.6 Å². The first-order chi connectivity index (χ1) is 7.60. The average Bonchev–Trinajstić information content (AvgIpc) is 2.22. The zero-order valence-electron chi connectivity index (χ0n) is 8.84. The third-order valence-corrected chi connectivity index (χ3v) is 2.55. The lowest BCUT2D eigenvalue weighted by atomic mass is 9.93. The minimum Gasteiger partial charge on any atom is -0.298 e. The summed E-state index contributed by atoms with van der Waals surface area (Å²) in [4.78, 5) is 11.6. The second kappa shape index (κ2) is 5.62. The fraction of sp³-hybridized carbons (Fsp3) is 0.333. The third-order valence-electron chi connectivity index (χ3n) is 2.22. The van der Waals surface area contributed by atoms with Gasteiger partial charge < -0.3 is 0 Å². The van der Waals surface area contributed by atoms with Gasteiger partial charge in [0.15, 0.2) is 5.78 Å². The first kappa shape index (κ1) is 12.7. The highest BCUT2D eigenvalue weighted by molar-refractivity contribution is 6.31. The molecule has 1 rings (SSSR count). The minimum atomic E-state index is -0.895. The summed E-state index contributed by atoms with van der Waals surface area (Å²) in [6.45, 7) is 1.86. The lowest BCUT2D eigenvalue weighted by Crippen LogP contribution is -2.10. The van der Waals surface area contributed by atoms with Crippen LogP contribution in [-0.4, -0.2) is 5.78 Å². The number of hydrogen-bond acceptors (Lipinski definition) is 2. The number of carbonyl (C=O) groups is 1. The molecule has 0 saturated carbocycles. The number of ketones is 1. The maximum absolute atomic E-state index is 12.8. The second-order valence-electron chi connectivity index (χ2n) is 3.44. The topological polar surface area (TPSA) is 40.9 Å². The largest absolute Gasteiger partial charge is 0.298 e. The molecule has 0 aliphatic heterocycles. The van der Waals surface area contributed by atoms with E-state index in [9.17, 15) is 9.18 Å². The van der Waals surface area contributed by atoms with Crippen molar-refractivity contribution in [3.8, 4) is 6.07 Å². The molecule has 0 amide bonds. The Morgan fingerprint density at radius 3 is 2.81 bits per heavy atom. The standard InChI is InChI=1S/C12H11ClFNO/c1-2-3-12(16)10(7-15)9-5-4-8(14)6-11(9)13/h4-6,10H,2-3H2,1H3. The first-order valence-corrected chi connectivity index (χ1v) is 5.35. The van der Waals surface area contributed by atoms with Crippen molar-refractivity contribution in [3.05, 3.63) is 34.6 Å². The Morgan fingerprint density at radius 2 is 2.31 bits per heavy atom. The monoisotopic (exact) mass is 239 g/mol. The predicted octanol–water partition coefficient (Wildman–Crippen LogP) is 3.46. The van der Waals surface area contributed by atoms with E-state index < -0.39 is 11.7 Å². The Bertz CT molecular complexity index is 439. The van der Waals surface area contributed by atoms with E-state index >= 15 is 0 Å². The number of carbonyl (C=O) groups excluding carboxylic acids is 1. The van der Waals surface area contributed by atoms with Crippen molar-refractivity contribution in [3.63, 3.8) is 0 Å². The molecular weight excluding hydrogens is 229 g/mol. The Hall–Kier alpha value is -1.40. The molecule has 1 aromatic carbocycles. The smallest absolute Gasteiger partial charge is 0.154 e. The average molecular weight is 240 g/mol. The highest BCUT2D eigenvalue weighted by atomic mass is 35.5. The molecule has 0 saturated heterocycles. The van der Waals surface area contributed by atoms with E-state index in [1.165, 1.54) is 12.1 Å². The molecule has 2 nitrogen and oxygen atoms in total. The predicted molar refractivity (Wildman–Crippen MR) is 59.7 cm³/mol. The van der Waals surface area contributed by atoms with Gasteiger partial charge in [-0.3, -0.25) is 4.79 Å². The van der Waals surface area contributed by atoms with Gasteiger partial charge in [-0.25, -0.2) is 4.39 Å². The Kier molecular flexibility index (Phi) is 4.45. The van der Waals surface area contributed by atoms with Gasteiger partial charge in [-0.05, 0) is 24.1 Å². The van der Waals surface area contributed by atoms with Gasteiger partial charge in [-0.2, -0.15) is 5.26 Å². The van der Waals surface area contributed by atoms with E-state index in [4.69, 9.17) is 16.9 Å². The van der Waals surface area contributed by atoms with Gasteiger partial charge in [0.05, 0.1) is 6.07 Å². The van der Waals surface area contributed by atoms with Crippen LogP contribution in [0.5, 0.6) is 0 Å². The summed E-state index contributed by atoms with van der Waals surface area (Å²) >= 11 is 5.80. The maximum atomic E-state index is 12.8. The van der Waals surface area contributed by atoms with Crippen molar-refractivity contribution in [2.24, 2.45) is 0 Å². The number of rotatable bonds is 4. The summed E-state index contributed by atoms with van der Waals surface area (Å²) in [5.74, 6) is -1.56. The quantitative estimate of drug-likeness (QED) is 0.807. The molecule has 0 radical (unpaired) electrons. The van der Waals surface area contributed by atoms with Crippen molar-refractivity contribution < 1.29 is 9.18 Å². The summed E-state index contributed by atoms with van der Waals surface area (Å²) in [6.07, 6.45) is 1.00. The molecule has 0 spiro atoms. The van der Waals surface area contributed by atoms with Gasteiger partial charge in [-0.15, -0.1) is 0 Å². The number of hydrogen-bond donors (Lipinski definition) is 0. The molecule has 16 heavy (non-hydrogen) atoms. The van der Waals surface area contributed by atoms with Crippen LogP contribution in [0.4, 0.5) is 4.39 Å². The molecular formula is C12H11ClFNO. The van der Waals surface area contributed by atoms with Gasteiger partial charge in [0, 0.05) is 11.4 Å². The highest BCUT2D eigenvalue weighted by Gasteiger charge is 2.21.